The zero-order valence-electron chi connectivity index (χ0n) is 12.4. The molecule has 118 valence electrons. The lowest BCUT2D eigenvalue weighted by Gasteiger charge is -2.08. The molecule has 0 aliphatic carbocycles. The van der Waals surface area contributed by atoms with Crippen LogP contribution < -0.4 is 15.4 Å². The average Bonchev–Trinajstić information content (AvgIpc) is 2.93. The van der Waals surface area contributed by atoms with Crippen LogP contribution in [0.3, 0.4) is 0 Å². The number of hydrogen-bond donors (Lipinski definition) is 2. The van der Waals surface area contributed by atoms with Gasteiger partial charge in [-0.05, 0) is 36.8 Å². The SMILES string of the molecule is CCCCNC(=S)Nc1cnn(COc2cccc(Cl)c2)c1. The minimum atomic E-state index is 0.304. The first-order chi connectivity index (χ1) is 10.7. The zero-order valence-corrected chi connectivity index (χ0v) is 14.0. The van der Waals surface area contributed by atoms with Crippen LogP contribution in [0.25, 0.3) is 0 Å². The van der Waals surface area contributed by atoms with Crippen LogP contribution in [-0.4, -0.2) is 21.4 Å². The number of nitrogens with one attached hydrogen (secondary N) is 2. The van der Waals surface area contributed by atoms with Crippen LogP contribution in [-0.2, 0) is 6.73 Å². The summed E-state index contributed by atoms with van der Waals surface area (Å²) in [6, 6.07) is 7.25. The van der Waals surface area contributed by atoms with Gasteiger partial charge in [0, 0.05) is 11.6 Å². The molecule has 0 atom stereocenters. The monoisotopic (exact) mass is 338 g/mol. The number of nitrogens with zero attached hydrogens (tertiary/aromatic N) is 2. The highest BCUT2D eigenvalue weighted by molar-refractivity contribution is 7.80. The minimum Gasteiger partial charge on any atom is -0.471 e. The quantitative estimate of drug-likeness (QED) is 0.596. The van der Waals surface area contributed by atoms with Crippen molar-refractivity contribution in [3.8, 4) is 5.75 Å². The van der Waals surface area contributed by atoms with E-state index in [9.17, 15) is 0 Å². The highest BCUT2D eigenvalue weighted by Gasteiger charge is 2.02. The van der Waals surface area contributed by atoms with E-state index in [0.29, 0.717) is 22.6 Å². The predicted molar refractivity (Wildman–Crippen MR) is 93.4 cm³/mol. The second-order valence-corrected chi connectivity index (χ2v) is 5.58. The van der Waals surface area contributed by atoms with Gasteiger partial charge in [0.05, 0.1) is 18.1 Å². The van der Waals surface area contributed by atoms with Crippen LogP contribution in [0.5, 0.6) is 5.75 Å². The summed E-state index contributed by atoms with van der Waals surface area (Å²) in [6.45, 7) is 3.31. The molecule has 0 saturated carbocycles. The van der Waals surface area contributed by atoms with E-state index >= 15 is 0 Å². The Morgan fingerprint density at radius 2 is 2.32 bits per heavy atom. The van der Waals surface area contributed by atoms with Crippen LogP contribution >= 0.6 is 23.8 Å². The number of thiocarbonyl (C=S) groups is 1. The second-order valence-electron chi connectivity index (χ2n) is 4.73. The number of hydrogen-bond acceptors (Lipinski definition) is 3. The number of benzene rings is 1. The Bertz CT molecular complexity index is 617. The molecule has 0 spiro atoms. The Kier molecular flexibility index (Phi) is 6.48. The van der Waals surface area contributed by atoms with E-state index in [1.807, 2.05) is 18.3 Å². The zero-order chi connectivity index (χ0) is 15.8. The van der Waals surface area contributed by atoms with Crippen LogP contribution in [0.2, 0.25) is 5.02 Å². The summed E-state index contributed by atoms with van der Waals surface area (Å²) >= 11 is 11.1. The summed E-state index contributed by atoms with van der Waals surface area (Å²) in [7, 11) is 0. The largest absolute Gasteiger partial charge is 0.471 e. The Balaban J connectivity index is 1.80. The van der Waals surface area contributed by atoms with E-state index in [1.54, 1.807) is 23.0 Å². The Morgan fingerprint density at radius 3 is 3.09 bits per heavy atom. The lowest BCUT2D eigenvalue weighted by atomic mass is 10.3. The number of aromatic nitrogens is 2. The van der Waals surface area contributed by atoms with Gasteiger partial charge >= 0.3 is 0 Å². The molecule has 0 unspecified atom stereocenters. The van der Waals surface area contributed by atoms with Crippen molar-refractivity contribution < 1.29 is 4.74 Å². The molecule has 7 heteroatoms. The lowest BCUT2D eigenvalue weighted by molar-refractivity contribution is 0.221. The highest BCUT2D eigenvalue weighted by Crippen LogP contribution is 2.17. The van der Waals surface area contributed by atoms with E-state index in [2.05, 4.69) is 22.7 Å². The minimum absolute atomic E-state index is 0.304. The molecule has 0 saturated heterocycles. The van der Waals surface area contributed by atoms with Gasteiger partial charge in [-0.1, -0.05) is 31.0 Å². The van der Waals surface area contributed by atoms with E-state index < -0.39 is 0 Å². The van der Waals surface area contributed by atoms with Gasteiger partial charge in [-0.3, -0.25) is 0 Å². The van der Waals surface area contributed by atoms with Crippen molar-refractivity contribution in [1.82, 2.24) is 15.1 Å². The summed E-state index contributed by atoms with van der Waals surface area (Å²) in [5, 5.41) is 11.7. The summed E-state index contributed by atoms with van der Waals surface area (Å²) in [4.78, 5) is 0. The molecule has 1 aromatic carbocycles. The standard InChI is InChI=1S/C15H19ClN4OS/c1-2-3-7-17-15(22)19-13-9-18-20(10-13)11-21-14-6-4-5-12(16)8-14/h4-6,8-10H,2-3,7,11H2,1H3,(H2,17,19,22). The summed E-state index contributed by atoms with van der Waals surface area (Å²) in [6.07, 6.45) is 5.76. The number of halogens is 1. The number of rotatable bonds is 7. The summed E-state index contributed by atoms with van der Waals surface area (Å²) in [5.41, 5.74) is 0.823. The van der Waals surface area contributed by atoms with E-state index in [-0.39, 0.29) is 0 Å². The van der Waals surface area contributed by atoms with Crippen LogP contribution in [0.4, 0.5) is 5.69 Å². The van der Waals surface area contributed by atoms with Crippen molar-refractivity contribution >= 4 is 34.6 Å². The molecule has 2 N–H and O–H groups in total. The lowest BCUT2D eigenvalue weighted by Crippen LogP contribution is -2.29. The molecule has 2 aromatic rings. The summed E-state index contributed by atoms with van der Waals surface area (Å²) < 4.78 is 7.29. The molecule has 0 aliphatic heterocycles. The molecule has 0 amide bonds. The molecule has 0 fully saturated rings. The topological polar surface area (TPSA) is 51.1 Å². The van der Waals surface area contributed by atoms with Crippen LogP contribution in [0, 0.1) is 0 Å². The van der Waals surface area contributed by atoms with Crippen molar-refractivity contribution in [2.45, 2.75) is 26.5 Å². The van der Waals surface area contributed by atoms with Crippen molar-refractivity contribution in [1.29, 1.82) is 0 Å². The summed E-state index contributed by atoms with van der Waals surface area (Å²) in [5.74, 6) is 0.703. The van der Waals surface area contributed by atoms with Gasteiger partial charge in [-0.15, -0.1) is 0 Å². The third-order valence-corrected chi connectivity index (χ3v) is 3.35. The van der Waals surface area contributed by atoms with Gasteiger partial charge in [0.25, 0.3) is 0 Å². The van der Waals surface area contributed by atoms with E-state index in [0.717, 1.165) is 25.1 Å². The maximum atomic E-state index is 5.91. The maximum absolute atomic E-state index is 5.91. The average molecular weight is 339 g/mol. The van der Waals surface area contributed by atoms with E-state index in [1.165, 1.54) is 0 Å². The molecule has 0 aliphatic rings. The molecular formula is C15H19ClN4OS. The Labute approximate surface area is 140 Å². The highest BCUT2D eigenvalue weighted by atomic mass is 35.5. The van der Waals surface area contributed by atoms with Crippen LogP contribution in [0.1, 0.15) is 19.8 Å². The predicted octanol–water partition coefficient (Wildman–Crippen LogP) is 3.66. The molecule has 2 rings (SSSR count). The smallest absolute Gasteiger partial charge is 0.180 e. The molecule has 1 heterocycles. The van der Waals surface area contributed by atoms with Gasteiger partial charge in [0.1, 0.15) is 5.75 Å². The van der Waals surface area contributed by atoms with Crippen molar-refractivity contribution in [2.75, 3.05) is 11.9 Å². The van der Waals surface area contributed by atoms with Gasteiger partial charge < -0.3 is 15.4 Å². The molecule has 0 radical (unpaired) electrons. The van der Waals surface area contributed by atoms with Gasteiger partial charge in [0.2, 0.25) is 0 Å². The molecular weight excluding hydrogens is 320 g/mol. The first-order valence-electron chi connectivity index (χ1n) is 7.13. The fraction of sp³-hybridized carbons (Fsp3) is 0.333. The Hall–Kier alpha value is -1.79. The van der Waals surface area contributed by atoms with Crippen molar-refractivity contribution in [3.63, 3.8) is 0 Å². The van der Waals surface area contributed by atoms with Crippen molar-refractivity contribution in [3.05, 3.63) is 41.7 Å². The molecule has 5 nitrogen and oxygen atoms in total. The normalized spacial score (nSPS) is 10.3. The Morgan fingerprint density at radius 1 is 1.45 bits per heavy atom. The molecule has 1 aromatic heterocycles. The third kappa shape index (κ3) is 5.54. The number of unbranched alkanes of at least 4 members (excludes halogenated alkanes) is 1. The number of ether oxygens (including phenoxy) is 1. The van der Waals surface area contributed by atoms with Gasteiger partial charge in [-0.2, -0.15) is 5.10 Å². The van der Waals surface area contributed by atoms with Crippen LogP contribution in [0.15, 0.2) is 36.7 Å². The van der Waals surface area contributed by atoms with Gasteiger partial charge in [0.15, 0.2) is 11.8 Å². The first-order valence-corrected chi connectivity index (χ1v) is 7.91. The maximum Gasteiger partial charge on any atom is 0.180 e. The van der Waals surface area contributed by atoms with E-state index in [4.69, 9.17) is 28.6 Å². The third-order valence-electron chi connectivity index (χ3n) is 2.87. The first kappa shape index (κ1) is 16.6. The second kappa shape index (κ2) is 8.60. The van der Waals surface area contributed by atoms with Crippen molar-refractivity contribution in [2.24, 2.45) is 0 Å². The van der Waals surface area contributed by atoms with Gasteiger partial charge in [-0.25, -0.2) is 4.68 Å². The fourth-order valence-electron chi connectivity index (χ4n) is 1.75. The number of anilines is 1. The fourth-order valence-corrected chi connectivity index (χ4v) is 2.15. The molecule has 0 bridgehead atoms. The molecule has 22 heavy (non-hydrogen) atoms.